The maximum Gasteiger partial charge on any atom is 0.225 e. The third-order valence-corrected chi connectivity index (χ3v) is 6.26. The van der Waals surface area contributed by atoms with Gasteiger partial charge in [0.05, 0.1) is 5.69 Å². The molecule has 2 fully saturated rings. The van der Waals surface area contributed by atoms with E-state index in [1.54, 1.807) is 0 Å². The summed E-state index contributed by atoms with van der Waals surface area (Å²) in [5, 5.41) is 11.0. The third-order valence-electron chi connectivity index (χ3n) is 6.26. The van der Waals surface area contributed by atoms with E-state index in [1.165, 1.54) is 12.8 Å². The van der Waals surface area contributed by atoms with Gasteiger partial charge in [-0.2, -0.15) is 0 Å². The topological polar surface area (TPSA) is 82.8 Å². The monoisotopic (exact) mass is 531 g/mol. The highest BCUT2D eigenvalue weighted by atomic mass is 127. The minimum absolute atomic E-state index is 0. The van der Waals surface area contributed by atoms with Crippen molar-refractivity contribution in [1.82, 2.24) is 20.7 Å². The quantitative estimate of drug-likeness (QED) is 0.301. The van der Waals surface area contributed by atoms with Crippen LogP contribution in [0.5, 0.6) is 0 Å². The van der Waals surface area contributed by atoms with E-state index in [1.807, 2.05) is 11.0 Å². The van der Waals surface area contributed by atoms with E-state index in [4.69, 9.17) is 4.52 Å². The van der Waals surface area contributed by atoms with Crippen molar-refractivity contribution in [2.75, 3.05) is 19.6 Å². The summed E-state index contributed by atoms with van der Waals surface area (Å²) in [6.45, 7) is 9.26. The van der Waals surface area contributed by atoms with Crippen molar-refractivity contribution in [3.8, 4) is 0 Å². The second kappa shape index (κ2) is 12.5. The van der Waals surface area contributed by atoms with E-state index >= 15 is 0 Å². The Morgan fingerprint density at radius 2 is 2.00 bits per heavy atom. The SMILES string of the molecule is CCNC(=NCc1cc(C(CC)CC)no1)NC1CCN(C(=O)C2CCCC2)C1.I. The summed E-state index contributed by atoms with van der Waals surface area (Å²) in [4.78, 5) is 19.4. The molecule has 1 aliphatic carbocycles. The van der Waals surface area contributed by atoms with Gasteiger partial charge >= 0.3 is 0 Å². The van der Waals surface area contributed by atoms with Crippen LogP contribution >= 0.6 is 24.0 Å². The average Bonchev–Trinajstić information content (AvgIpc) is 3.49. The zero-order chi connectivity index (χ0) is 20.6. The molecule has 170 valence electrons. The lowest BCUT2D eigenvalue weighted by Gasteiger charge is -2.21. The van der Waals surface area contributed by atoms with Crippen molar-refractivity contribution < 1.29 is 9.32 Å². The summed E-state index contributed by atoms with van der Waals surface area (Å²) in [7, 11) is 0. The van der Waals surface area contributed by atoms with E-state index in [2.05, 4.69) is 41.6 Å². The molecule has 0 bridgehead atoms. The number of amides is 1. The molecule has 1 unspecified atom stereocenters. The number of aromatic nitrogens is 1. The number of nitrogens with zero attached hydrogens (tertiary/aromatic N) is 3. The lowest BCUT2D eigenvalue weighted by atomic mass is 9.99. The Balaban J connectivity index is 0.00000320. The van der Waals surface area contributed by atoms with Gasteiger partial charge in [-0.3, -0.25) is 4.79 Å². The molecule has 1 amide bonds. The van der Waals surface area contributed by atoms with Gasteiger partial charge in [0, 0.05) is 43.6 Å². The molecule has 0 spiro atoms. The number of guanidine groups is 1. The van der Waals surface area contributed by atoms with Crippen LogP contribution < -0.4 is 10.6 Å². The van der Waals surface area contributed by atoms with Crippen molar-refractivity contribution in [3.63, 3.8) is 0 Å². The van der Waals surface area contributed by atoms with Gasteiger partial charge in [-0.1, -0.05) is 31.8 Å². The van der Waals surface area contributed by atoms with Crippen LogP contribution in [-0.2, 0) is 11.3 Å². The Morgan fingerprint density at radius 1 is 1.27 bits per heavy atom. The van der Waals surface area contributed by atoms with Gasteiger partial charge in [0.2, 0.25) is 5.91 Å². The molecule has 7 nitrogen and oxygen atoms in total. The van der Waals surface area contributed by atoms with Crippen LogP contribution in [0.4, 0.5) is 0 Å². The lowest BCUT2D eigenvalue weighted by Crippen LogP contribution is -2.45. The van der Waals surface area contributed by atoms with E-state index in [9.17, 15) is 4.79 Å². The Hall–Kier alpha value is -1.32. The molecule has 1 aromatic rings. The fourth-order valence-corrected chi connectivity index (χ4v) is 4.48. The summed E-state index contributed by atoms with van der Waals surface area (Å²) in [6, 6.07) is 2.27. The predicted octanol–water partition coefficient (Wildman–Crippen LogP) is 4.04. The molecule has 1 saturated carbocycles. The zero-order valence-corrected chi connectivity index (χ0v) is 21.0. The van der Waals surface area contributed by atoms with Crippen LogP contribution in [-0.4, -0.2) is 47.6 Å². The summed E-state index contributed by atoms with van der Waals surface area (Å²) in [6.07, 6.45) is 7.61. The van der Waals surface area contributed by atoms with Crippen LogP contribution in [0.25, 0.3) is 0 Å². The number of rotatable bonds is 8. The lowest BCUT2D eigenvalue weighted by molar-refractivity contribution is -0.134. The fourth-order valence-electron chi connectivity index (χ4n) is 4.48. The molecule has 1 atom stereocenters. The number of nitrogens with one attached hydrogen (secondary N) is 2. The molecule has 2 N–H and O–H groups in total. The summed E-state index contributed by atoms with van der Waals surface area (Å²) >= 11 is 0. The number of carbonyl (C=O) groups excluding carboxylic acids is 1. The Labute approximate surface area is 197 Å². The van der Waals surface area contributed by atoms with Crippen molar-refractivity contribution in [2.45, 2.75) is 84.2 Å². The smallest absolute Gasteiger partial charge is 0.225 e. The third kappa shape index (κ3) is 6.59. The van der Waals surface area contributed by atoms with Crippen molar-refractivity contribution in [1.29, 1.82) is 0 Å². The molecule has 1 saturated heterocycles. The largest absolute Gasteiger partial charge is 0.359 e. The van der Waals surface area contributed by atoms with E-state index < -0.39 is 0 Å². The predicted molar refractivity (Wildman–Crippen MR) is 130 cm³/mol. The van der Waals surface area contributed by atoms with Gasteiger partial charge in [-0.25, -0.2) is 4.99 Å². The molecule has 0 aromatic carbocycles. The number of aliphatic imine (C=N–C) groups is 1. The van der Waals surface area contributed by atoms with Gasteiger partial charge < -0.3 is 20.1 Å². The molecule has 2 heterocycles. The maximum atomic E-state index is 12.7. The second-order valence-electron chi connectivity index (χ2n) is 8.32. The van der Waals surface area contributed by atoms with Crippen molar-refractivity contribution in [3.05, 3.63) is 17.5 Å². The van der Waals surface area contributed by atoms with Gasteiger partial charge in [0.1, 0.15) is 6.54 Å². The number of hydrogen-bond donors (Lipinski definition) is 2. The molecule has 3 rings (SSSR count). The Kier molecular flexibility index (Phi) is 10.4. The minimum Gasteiger partial charge on any atom is -0.359 e. The summed E-state index contributed by atoms with van der Waals surface area (Å²) in [5.41, 5.74) is 1.02. The fraction of sp³-hybridized carbons (Fsp3) is 0.773. The standard InChI is InChI=1S/C22H37N5O2.HI/c1-4-16(5-2)20-13-19(29-26-20)14-24-22(23-6-3)25-18-11-12-27(15-18)21(28)17-9-7-8-10-17;/h13,16-18H,4-12,14-15H2,1-3H3,(H2,23,24,25);1H. The van der Waals surface area contributed by atoms with Crippen LogP contribution in [0.2, 0.25) is 0 Å². The van der Waals surface area contributed by atoms with Crippen LogP contribution in [0.15, 0.2) is 15.6 Å². The van der Waals surface area contributed by atoms with Crippen LogP contribution in [0.3, 0.4) is 0 Å². The first kappa shape index (κ1) is 24.9. The van der Waals surface area contributed by atoms with E-state index in [0.29, 0.717) is 18.4 Å². The summed E-state index contributed by atoms with van der Waals surface area (Å²) < 4.78 is 5.49. The number of halogens is 1. The van der Waals surface area contributed by atoms with Crippen LogP contribution in [0.1, 0.15) is 83.1 Å². The van der Waals surface area contributed by atoms with Crippen molar-refractivity contribution >= 4 is 35.8 Å². The van der Waals surface area contributed by atoms with Crippen molar-refractivity contribution in [2.24, 2.45) is 10.9 Å². The zero-order valence-electron chi connectivity index (χ0n) is 18.7. The number of hydrogen-bond acceptors (Lipinski definition) is 4. The molecule has 1 aromatic heterocycles. The van der Waals surface area contributed by atoms with E-state index in [0.717, 1.165) is 69.2 Å². The number of likely N-dealkylation sites (tertiary alicyclic amines) is 1. The normalized spacial score (nSPS) is 19.9. The van der Waals surface area contributed by atoms with E-state index in [-0.39, 0.29) is 35.9 Å². The first-order chi connectivity index (χ1) is 14.1. The van der Waals surface area contributed by atoms with Gasteiger partial charge in [0.15, 0.2) is 11.7 Å². The van der Waals surface area contributed by atoms with Crippen LogP contribution in [0, 0.1) is 5.92 Å². The molecule has 30 heavy (non-hydrogen) atoms. The first-order valence-electron chi connectivity index (χ1n) is 11.4. The highest BCUT2D eigenvalue weighted by molar-refractivity contribution is 14.0. The Morgan fingerprint density at radius 3 is 2.67 bits per heavy atom. The molecular weight excluding hydrogens is 493 g/mol. The highest BCUT2D eigenvalue weighted by Crippen LogP contribution is 2.28. The number of carbonyl (C=O) groups is 1. The molecular formula is C22H38IN5O2. The Bertz CT molecular complexity index is 683. The molecule has 8 heteroatoms. The van der Waals surface area contributed by atoms with Gasteiger partial charge in [-0.05, 0) is 39.0 Å². The molecule has 2 aliphatic rings. The van der Waals surface area contributed by atoms with Gasteiger partial charge in [0.25, 0.3) is 0 Å². The second-order valence-corrected chi connectivity index (χ2v) is 8.32. The summed E-state index contributed by atoms with van der Waals surface area (Å²) in [5.74, 6) is 2.61. The van der Waals surface area contributed by atoms with Gasteiger partial charge in [-0.15, -0.1) is 24.0 Å². The molecule has 0 radical (unpaired) electrons. The molecule has 1 aliphatic heterocycles. The average molecular weight is 531 g/mol. The minimum atomic E-state index is 0. The maximum absolute atomic E-state index is 12.7. The highest BCUT2D eigenvalue weighted by Gasteiger charge is 2.32. The first-order valence-corrected chi connectivity index (χ1v) is 11.4.